The third-order valence-corrected chi connectivity index (χ3v) is 3.46. The molecule has 4 heteroatoms. The molecule has 16 heavy (non-hydrogen) atoms. The van der Waals surface area contributed by atoms with Crippen molar-refractivity contribution in [2.45, 2.75) is 74.6 Å². The Bertz CT molecular complexity index is 157. The van der Waals surface area contributed by atoms with E-state index in [4.69, 9.17) is 34.8 Å². The Morgan fingerprint density at radius 2 is 1.31 bits per heavy atom. The maximum atomic E-state index is 9.46. The summed E-state index contributed by atoms with van der Waals surface area (Å²) in [5, 5.41) is 9.46. The van der Waals surface area contributed by atoms with E-state index < -0.39 is 9.90 Å². The van der Waals surface area contributed by atoms with Crippen molar-refractivity contribution in [1.29, 1.82) is 0 Å². The zero-order chi connectivity index (χ0) is 12.4. The molecule has 0 aromatic rings. The Morgan fingerprint density at radius 3 is 1.75 bits per heavy atom. The minimum Gasteiger partial charge on any atom is -0.389 e. The molecule has 0 bridgehead atoms. The monoisotopic (exact) mass is 288 g/mol. The molecule has 98 valence electrons. The van der Waals surface area contributed by atoms with E-state index in [0.717, 1.165) is 12.8 Å². The van der Waals surface area contributed by atoms with Crippen LogP contribution in [0.1, 0.15) is 64.7 Å². The first kappa shape index (κ1) is 16.8. The number of halogens is 3. The lowest BCUT2D eigenvalue weighted by atomic mass is 10.1. The zero-order valence-electron chi connectivity index (χ0n) is 10.0. The minimum absolute atomic E-state index is 0.575. The van der Waals surface area contributed by atoms with Gasteiger partial charge in [-0.15, -0.1) is 0 Å². The van der Waals surface area contributed by atoms with Crippen molar-refractivity contribution in [2.24, 2.45) is 0 Å². The third kappa shape index (κ3) is 10.0. The molecule has 0 aliphatic rings. The number of unbranched alkanes of at least 4 members (excludes halogenated alkanes) is 7. The second-order valence-electron chi connectivity index (χ2n) is 4.32. The predicted octanol–water partition coefficient (Wildman–Crippen LogP) is 5.25. The van der Waals surface area contributed by atoms with Crippen molar-refractivity contribution in [3.05, 3.63) is 0 Å². The lowest BCUT2D eigenvalue weighted by Gasteiger charge is -2.18. The molecule has 0 spiro atoms. The van der Waals surface area contributed by atoms with Crippen LogP contribution in [0.3, 0.4) is 0 Å². The topological polar surface area (TPSA) is 20.2 Å². The van der Waals surface area contributed by atoms with E-state index in [1.807, 2.05) is 0 Å². The number of hydrogen-bond acceptors (Lipinski definition) is 1. The molecule has 0 heterocycles. The molecule has 0 amide bonds. The molecule has 0 unspecified atom stereocenters. The first-order valence-corrected chi connectivity index (χ1v) is 7.36. The van der Waals surface area contributed by atoms with Gasteiger partial charge in [-0.2, -0.15) is 0 Å². The van der Waals surface area contributed by atoms with Gasteiger partial charge in [0.05, 0.1) is 0 Å². The Balaban J connectivity index is 3.21. The summed E-state index contributed by atoms with van der Waals surface area (Å²) in [6.07, 6.45) is 9.58. The van der Waals surface area contributed by atoms with Crippen molar-refractivity contribution in [3.63, 3.8) is 0 Å². The third-order valence-electron chi connectivity index (χ3n) is 2.71. The normalized spacial score (nSPS) is 14.1. The Morgan fingerprint density at radius 1 is 0.875 bits per heavy atom. The van der Waals surface area contributed by atoms with Crippen LogP contribution in [0.15, 0.2) is 0 Å². The molecule has 1 nitrogen and oxygen atoms in total. The van der Waals surface area contributed by atoms with Crippen LogP contribution in [0, 0.1) is 0 Å². The average molecular weight is 290 g/mol. The fourth-order valence-corrected chi connectivity index (χ4v) is 1.96. The van der Waals surface area contributed by atoms with Crippen LogP contribution in [0.25, 0.3) is 0 Å². The van der Waals surface area contributed by atoms with Crippen LogP contribution in [0.4, 0.5) is 0 Å². The van der Waals surface area contributed by atoms with Crippen LogP contribution in [0.5, 0.6) is 0 Å². The lowest BCUT2D eigenvalue weighted by molar-refractivity contribution is 0.164. The molecule has 0 aromatic heterocycles. The summed E-state index contributed by atoms with van der Waals surface area (Å²) in [6, 6.07) is 0. The smallest absolute Gasteiger partial charge is 0.216 e. The molecule has 0 saturated heterocycles. The van der Waals surface area contributed by atoms with Crippen LogP contribution >= 0.6 is 34.8 Å². The number of aliphatic hydroxyl groups excluding tert-OH is 1. The maximum absolute atomic E-state index is 9.46. The Hall–Kier alpha value is 0.830. The standard InChI is InChI=1S/C12H23Cl3O/c1-2-3-4-5-6-7-8-9-10-11(16)12(13,14)15/h11,16H,2-10H2,1H3/t11-/m1/s1. The van der Waals surface area contributed by atoms with Crippen LogP contribution in [0.2, 0.25) is 0 Å². The van der Waals surface area contributed by atoms with Gasteiger partial charge in [-0.1, -0.05) is 93.1 Å². The van der Waals surface area contributed by atoms with Gasteiger partial charge < -0.3 is 5.11 Å². The zero-order valence-corrected chi connectivity index (χ0v) is 12.3. The van der Waals surface area contributed by atoms with E-state index in [1.165, 1.54) is 38.5 Å². The quantitative estimate of drug-likeness (QED) is 0.454. The maximum Gasteiger partial charge on any atom is 0.216 e. The highest BCUT2D eigenvalue weighted by molar-refractivity contribution is 6.68. The van der Waals surface area contributed by atoms with E-state index in [9.17, 15) is 5.11 Å². The van der Waals surface area contributed by atoms with Gasteiger partial charge in [0.2, 0.25) is 3.79 Å². The summed E-state index contributed by atoms with van der Waals surface area (Å²) in [6.45, 7) is 2.22. The first-order chi connectivity index (χ1) is 7.48. The second kappa shape index (κ2) is 9.82. The van der Waals surface area contributed by atoms with Crippen molar-refractivity contribution < 1.29 is 5.11 Å². The van der Waals surface area contributed by atoms with Crippen LogP contribution in [-0.2, 0) is 0 Å². The first-order valence-electron chi connectivity index (χ1n) is 6.23. The van der Waals surface area contributed by atoms with Gasteiger partial charge in [0, 0.05) is 0 Å². The van der Waals surface area contributed by atoms with Crippen molar-refractivity contribution in [1.82, 2.24) is 0 Å². The predicted molar refractivity (Wildman–Crippen MR) is 73.5 cm³/mol. The molecule has 1 atom stereocenters. The van der Waals surface area contributed by atoms with E-state index in [0.29, 0.717) is 6.42 Å². The molecule has 0 aliphatic carbocycles. The summed E-state index contributed by atoms with van der Waals surface area (Å²) < 4.78 is -1.53. The number of aliphatic hydroxyl groups is 1. The highest BCUT2D eigenvalue weighted by atomic mass is 35.6. The van der Waals surface area contributed by atoms with Gasteiger partial charge in [0.1, 0.15) is 6.10 Å². The van der Waals surface area contributed by atoms with E-state index >= 15 is 0 Å². The fourth-order valence-electron chi connectivity index (χ4n) is 1.64. The lowest BCUT2D eigenvalue weighted by Crippen LogP contribution is -2.24. The molecule has 0 aromatic carbocycles. The Labute approximate surface area is 114 Å². The minimum atomic E-state index is -1.53. The van der Waals surface area contributed by atoms with Gasteiger partial charge in [-0.05, 0) is 6.42 Å². The fraction of sp³-hybridized carbons (Fsp3) is 1.00. The summed E-state index contributed by atoms with van der Waals surface area (Å²) >= 11 is 16.7. The van der Waals surface area contributed by atoms with Crippen molar-refractivity contribution in [2.75, 3.05) is 0 Å². The molecule has 0 fully saturated rings. The second-order valence-corrected chi connectivity index (χ2v) is 6.69. The highest BCUT2D eigenvalue weighted by Gasteiger charge is 2.29. The van der Waals surface area contributed by atoms with Crippen molar-refractivity contribution in [3.8, 4) is 0 Å². The van der Waals surface area contributed by atoms with E-state index in [-0.39, 0.29) is 0 Å². The summed E-state index contributed by atoms with van der Waals surface area (Å²) in [5.74, 6) is 0. The van der Waals surface area contributed by atoms with Crippen molar-refractivity contribution >= 4 is 34.8 Å². The summed E-state index contributed by atoms with van der Waals surface area (Å²) in [7, 11) is 0. The molecule has 0 aliphatic heterocycles. The number of rotatable bonds is 9. The van der Waals surface area contributed by atoms with Gasteiger partial charge in [0.15, 0.2) is 0 Å². The Kier molecular flexibility index (Phi) is 10.3. The highest BCUT2D eigenvalue weighted by Crippen LogP contribution is 2.32. The molecule has 0 saturated carbocycles. The molecular formula is C12H23Cl3O. The summed E-state index contributed by atoms with van der Waals surface area (Å²) in [5.41, 5.74) is 0. The van der Waals surface area contributed by atoms with Gasteiger partial charge in [0.25, 0.3) is 0 Å². The number of hydrogen-bond donors (Lipinski definition) is 1. The van der Waals surface area contributed by atoms with Crippen LogP contribution < -0.4 is 0 Å². The molecule has 0 radical (unpaired) electrons. The average Bonchev–Trinajstić information content (AvgIpc) is 2.20. The summed E-state index contributed by atoms with van der Waals surface area (Å²) in [4.78, 5) is 0. The van der Waals surface area contributed by atoms with Gasteiger partial charge in [-0.3, -0.25) is 0 Å². The molecule has 1 N–H and O–H groups in total. The largest absolute Gasteiger partial charge is 0.389 e. The van der Waals surface area contributed by atoms with Crippen LogP contribution in [-0.4, -0.2) is 15.0 Å². The van der Waals surface area contributed by atoms with Gasteiger partial charge in [-0.25, -0.2) is 0 Å². The SMILES string of the molecule is CCCCCCCCCC[C@@H](O)C(Cl)(Cl)Cl. The van der Waals surface area contributed by atoms with E-state index in [1.54, 1.807) is 0 Å². The van der Waals surface area contributed by atoms with Gasteiger partial charge >= 0.3 is 0 Å². The molecule has 0 rings (SSSR count). The molecular weight excluding hydrogens is 266 g/mol. The van der Waals surface area contributed by atoms with E-state index in [2.05, 4.69) is 6.92 Å². The number of alkyl halides is 3.